The number of piperazine rings is 1. The van der Waals surface area contributed by atoms with E-state index in [0.29, 0.717) is 18.9 Å². The second-order valence-electron chi connectivity index (χ2n) is 7.41. The lowest BCUT2D eigenvalue weighted by molar-refractivity contribution is -0.133. The number of nitrogens with two attached hydrogens (primary N) is 1. The van der Waals surface area contributed by atoms with Gasteiger partial charge >= 0.3 is 0 Å². The topological polar surface area (TPSA) is 117 Å². The molecule has 1 saturated heterocycles. The van der Waals surface area contributed by atoms with Gasteiger partial charge in [0.1, 0.15) is 5.52 Å². The molecule has 3 heterocycles. The summed E-state index contributed by atoms with van der Waals surface area (Å²) in [5.74, 6) is 0.239. The number of amides is 2. The zero-order valence-corrected chi connectivity index (χ0v) is 17.4. The summed E-state index contributed by atoms with van der Waals surface area (Å²) < 4.78 is 0. The Hall–Kier alpha value is -3.75. The Morgan fingerprint density at radius 2 is 1.74 bits per heavy atom. The molecule has 1 aromatic carbocycles. The number of nitrogens with zero attached hydrogens (tertiary/aromatic N) is 5. The number of nitrogens with one attached hydrogen (secondary N) is 1. The van der Waals surface area contributed by atoms with Crippen LogP contribution in [0.2, 0.25) is 0 Å². The predicted octanol–water partition coefficient (Wildman–Crippen LogP) is 1.65. The number of benzene rings is 1. The molecule has 0 unspecified atom stereocenters. The molecule has 3 N–H and O–H groups in total. The lowest BCUT2D eigenvalue weighted by Gasteiger charge is -2.36. The average molecular weight is 419 g/mol. The number of rotatable bonds is 6. The summed E-state index contributed by atoms with van der Waals surface area (Å²) in [6.45, 7) is 2.76. The highest BCUT2D eigenvalue weighted by molar-refractivity contribution is 5.88. The highest BCUT2D eigenvalue weighted by atomic mass is 16.2. The monoisotopic (exact) mass is 419 g/mol. The number of hydrogen-bond acceptors (Lipinski definition) is 7. The maximum Gasteiger partial charge on any atom is 0.223 e. The number of hydrogen-bond donors (Lipinski definition) is 2. The first-order chi connectivity index (χ1) is 15.0. The molecule has 3 aromatic rings. The van der Waals surface area contributed by atoms with Crippen LogP contribution in [0.5, 0.6) is 0 Å². The largest absolute Gasteiger partial charge is 0.371 e. The van der Waals surface area contributed by atoms with Crippen molar-refractivity contribution < 1.29 is 9.59 Å². The smallest absolute Gasteiger partial charge is 0.223 e. The van der Waals surface area contributed by atoms with Crippen molar-refractivity contribution >= 4 is 34.4 Å². The number of carbonyl (C=O) groups is 2. The first kappa shape index (κ1) is 20.5. The van der Waals surface area contributed by atoms with Crippen molar-refractivity contribution in [1.82, 2.24) is 19.9 Å². The standard InChI is InChI=1S/C22H25N7O2/c1-24-22-21-18(25-8-9-26-21)14-17(27-22)15-2-4-16(5-3-15)28-10-12-29(13-11-28)20(31)7-6-19(23)30/h2-5,8-9,14H,6-7,10-13H2,1H3,(H2,23,30)(H,24,27). The van der Waals surface area contributed by atoms with Crippen molar-refractivity contribution in [2.75, 3.05) is 43.4 Å². The normalized spacial score (nSPS) is 14.0. The van der Waals surface area contributed by atoms with Gasteiger partial charge in [0.15, 0.2) is 5.82 Å². The summed E-state index contributed by atoms with van der Waals surface area (Å²) in [5.41, 5.74) is 9.59. The molecule has 0 atom stereocenters. The molecule has 9 nitrogen and oxygen atoms in total. The molecule has 0 bridgehead atoms. The SMILES string of the molecule is CNc1nc(-c2ccc(N3CCN(C(=O)CCC(N)=O)CC3)cc2)cc2nccnc12. The Morgan fingerprint density at radius 1 is 1.03 bits per heavy atom. The molecule has 1 aliphatic heterocycles. The van der Waals surface area contributed by atoms with E-state index in [9.17, 15) is 9.59 Å². The van der Waals surface area contributed by atoms with Gasteiger partial charge in [0.2, 0.25) is 11.8 Å². The highest BCUT2D eigenvalue weighted by Crippen LogP contribution is 2.27. The van der Waals surface area contributed by atoms with E-state index in [2.05, 4.69) is 37.3 Å². The maximum absolute atomic E-state index is 12.2. The van der Waals surface area contributed by atoms with E-state index in [0.717, 1.165) is 41.1 Å². The minimum Gasteiger partial charge on any atom is -0.371 e. The molecule has 1 fully saturated rings. The molecule has 9 heteroatoms. The van der Waals surface area contributed by atoms with Crippen LogP contribution in [0.1, 0.15) is 12.8 Å². The fourth-order valence-corrected chi connectivity index (χ4v) is 3.74. The van der Waals surface area contributed by atoms with E-state index in [-0.39, 0.29) is 18.7 Å². The van der Waals surface area contributed by atoms with Crippen molar-refractivity contribution in [2.24, 2.45) is 5.73 Å². The van der Waals surface area contributed by atoms with Crippen LogP contribution in [-0.4, -0.2) is 64.9 Å². The number of primary amides is 1. The Bertz CT molecular complexity index is 1090. The van der Waals surface area contributed by atoms with Crippen molar-refractivity contribution in [2.45, 2.75) is 12.8 Å². The summed E-state index contributed by atoms with van der Waals surface area (Å²) >= 11 is 0. The van der Waals surface area contributed by atoms with Gasteiger partial charge in [0.25, 0.3) is 0 Å². The van der Waals surface area contributed by atoms with E-state index in [1.807, 2.05) is 25.2 Å². The zero-order valence-electron chi connectivity index (χ0n) is 17.4. The van der Waals surface area contributed by atoms with Crippen LogP contribution >= 0.6 is 0 Å². The van der Waals surface area contributed by atoms with Crippen LogP contribution in [0, 0.1) is 0 Å². The molecule has 0 radical (unpaired) electrons. The number of carbonyl (C=O) groups excluding carboxylic acids is 2. The Labute approximate surface area is 180 Å². The zero-order chi connectivity index (χ0) is 21.8. The van der Waals surface area contributed by atoms with Gasteiger partial charge in [-0.2, -0.15) is 0 Å². The third-order valence-electron chi connectivity index (χ3n) is 5.44. The summed E-state index contributed by atoms with van der Waals surface area (Å²) in [4.78, 5) is 40.5. The molecule has 2 amide bonds. The van der Waals surface area contributed by atoms with Gasteiger partial charge in [0.05, 0.1) is 11.2 Å². The summed E-state index contributed by atoms with van der Waals surface area (Å²) in [6, 6.07) is 10.2. The fourth-order valence-electron chi connectivity index (χ4n) is 3.74. The second kappa shape index (κ2) is 8.95. The van der Waals surface area contributed by atoms with Crippen LogP contribution in [0.15, 0.2) is 42.7 Å². The van der Waals surface area contributed by atoms with Crippen molar-refractivity contribution in [3.05, 3.63) is 42.7 Å². The van der Waals surface area contributed by atoms with Gasteiger partial charge < -0.3 is 20.9 Å². The van der Waals surface area contributed by atoms with Gasteiger partial charge in [-0.25, -0.2) is 9.97 Å². The average Bonchev–Trinajstić information content (AvgIpc) is 2.82. The van der Waals surface area contributed by atoms with Gasteiger partial charge in [-0.05, 0) is 18.2 Å². The van der Waals surface area contributed by atoms with Gasteiger partial charge in [0, 0.05) is 69.7 Å². The number of anilines is 2. The Kier molecular flexibility index (Phi) is 5.92. The van der Waals surface area contributed by atoms with Crippen molar-refractivity contribution in [1.29, 1.82) is 0 Å². The molecule has 160 valence electrons. The lowest BCUT2D eigenvalue weighted by atomic mass is 10.1. The van der Waals surface area contributed by atoms with Crippen LogP contribution in [0.25, 0.3) is 22.3 Å². The molecule has 1 aliphatic rings. The van der Waals surface area contributed by atoms with Gasteiger partial charge in [-0.15, -0.1) is 0 Å². The first-order valence-electron chi connectivity index (χ1n) is 10.3. The Balaban J connectivity index is 1.44. The molecule has 0 saturated carbocycles. The molecular formula is C22H25N7O2. The van der Waals surface area contributed by atoms with E-state index >= 15 is 0 Å². The minimum atomic E-state index is -0.443. The van der Waals surface area contributed by atoms with Gasteiger partial charge in [-0.3, -0.25) is 14.6 Å². The van der Waals surface area contributed by atoms with E-state index in [4.69, 9.17) is 5.73 Å². The highest BCUT2D eigenvalue weighted by Gasteiger charge is 2.21. The predicted molar refractivity (Wildman–Crippen MR) is 120 cm³/mol. The van der Waals surface area contributed by atoms with Crippen LogP contribution in [0.3, 0.4) is 0 Å². The lowest BCUT2D eigenvalue weighted by Crippen LogP contribution is -2.48. The quantitative estimate of drug-likeness (QED) is 0.624. The number of aromatic nitrogens is 3. The van der Waals surface area contributed by atoms with Crippen molar-refractivity contribution in [3.63, 3.8) is 0 Å². The molecular weight excluding hydrogens is 394 g/mol. The third-order valence-corrected chi connectivity index (χ3v) is 5.44. The minimum absolute atomic E-state index is 0.0142. The molecule has 2 aromatic heterocycles. The van der Waals surface area contributed by atoms with Crippen molar-refractivity contribution in [3.8, 4) is 11.3 Å². The molecule has 0 spiro atoms. The molecule has 0 aliphatic carbocycles. The van der Waals surface area contributed by atoms with Crippen LogP contribution in [0.4, 0.5) is 11.5 Å². The molecule has 4 rings (SSSR count). The summed E-state index contributed by atoms with van der Waals surface area (Å²) in [5, 5.41) is 3.09. The van der Waals surface area contributed by atoms with Gasteiger partial charge in [-0.1, -0.05) is 12.1 Å². The molecule has 31 heavy (non-hydrogen) atoms. The number of fused-ring (bicyclic) bond motifs is 1. The second-order valence-corrected chi connectivity index (χ2v) is 7.41. The fraction of sp³-hybridized carbons (Fsp3) is 0.318. The number of pyridine rings is 1. The van der Waals surface area contributed by atoms with E-state index in [1.165, 1.54) is 0 Å². The van der Waals surface area contributed by atoms with E-state index < -0.39 is 5.91 Å². The van der Waals surface area contributed by atoms with E-state index in [1.54, 1.807) is 17.3 Å². The third kappa shape index (κ3) is 4.55. The Morgan fingerprint density at radius 3 is 2.42 bits per heavy atom. The summed E-state index contributed by atoms with van der Waals surface area (Å²) in [7, 11) is 1.82. The van der Waals surface area contributed by atoms with Crippen LogP contribution < -0.4 is 16.0 Å². The maximum atomic E-state index is 12.2. The summed E-state index contributed by atoms with van der Waals surface area (Å²) in [6.07, 6.45) is 3.61. The van der Waals surface area contributed by atoms with Crippen LogP contribution in [-0.2, 0) is 9.59 Å². The first-order valence-corrected chi connectivity index (χ1v) is 10.3.